The van der Waals surface area contributed by atoms with E-state index in [9.17, 15) is 0 Å². The average Bonchev–Trinajstić information content (AvgIpc) is 3.18. The zero-order valence-corrected chi connectivity index (χ0v) is 17.1. The summed E-state index contributed by atoms with van der Waals surface area (Å²) in [5.74, 6) is 1.33. The van der Waals surface area contributed by atoms with E-state index in [-0.39, 0.29) is 0 Å². The van der Waals surface area contributed by atoms with E-state index >= 15 is 0 Å². The highest BCUT2D eigenvalue weighted by Crippen LogP contribution is 2.27. The number of aliphatic imine (C=N–C) groups is 1. The molecule has 0 aliphatic carbocycles. The van der Waals surface area contributed by atoms with Gasteiger partial charge in [-0.15, -0.1) is 0 Å². The highest BCUT2D eigenvalue weighted by Gasteiger charge is 2.10. The Morgan fingerprint density at radius 1 is 0.862 bits per heavy atom. The van der Waals surface area contributed by atoms with Crippen LogP contribution in [0.3, 0.4) is 0 Å². The van der Waals surface area contributed by atoms with E-state index in [1.54, 1.807) is 0 Å². The van der Waals surface area contributed by atoms with Gasteiger partial charge in [0, 0.05) is 17.8 Å². The Kier molecular flexibility index (Phi) is 5.39. The normalized spacial score (nSPS) is 11.4. The molecule has 0 amide bonds. The molecule has 3 aromatic carbocycles. The number of benzene rings is 3. The Balaban J connectivity index is 1.71. The Hall–Kier alpha value is -3.46. The molecule has 0 N–H and O–H groups in total. The molecule has 1 aromatic heterocycles. The predicted octanol–water partition coefficient (Wildman–Crippen LogP) is 6.72. The largest absolute Gasteiger partial charge is 0.236 e. The van der Waals surface area contributed by atoms with E-state index in [0.717, 1.165) is 28.3 Å². The lowest BCUT2D eigenvalue weighted by Crippen LogP contribution is -1.96. The first-order valence-electron chi connectivity index (χ1n) is 9.97. The van der Waals surface area contributed by atoms with Crippen molar-refractivity contribution in [3.8, 4) is 16.9 Å². The summed E-state index contributed by atoms with van der Waals surface area (Å²) in [6.07, 6.45) is 1.90. The van der Waals surface area contributed by atoms with E-state index in [2.05, 4.69) is 69.3 Å². The molecule has 0 aliphatic rings. The van der Waals surface area contributed by atoms with Crippen molar-refractivity contribution in [1.82, 2.24) is 9.78 Å². The standard InChI is InChI=1S/C26H25N3/c1-19(2)22-15-11-21(12-16-22)18-27-26-17-25(23-13-9-20(3)10-14-23)28-29(26)24-7-5-4-6-8-24/h4-19H,1-3H3. The summed E-state index contributed by atoms with van der Waals surface area (Å²) in [4.78, 5) is 4.77. The molecule has 0 spiro atoms. The third-order valence-electron chi connectivity index (χ3n) is 4.99. The average molecular weight is 380 g/mol. The second kappa shape index (κ2) is 8.27. The quantitative estimate of drug-likeness (QED) is 0.354. The highest BCUT2D eigenvalue weighted by atomic mass is 15.3. The molecular weight excluding hydrogens is 354 g/mol. The number of aryl methyl sites for hydroxylation is 1. The number of hydrogen-bond acceptors (Lipinski definition) is 2. The minimum atomic E-state index is 0.526. The van der Waals surface area contributed by atoms with Crippen molar-refractivity contribution < 1.29 is 0 Å². The fourth-order valence-corrected chi connectivity index (χ4v) is 3.20. The molecule has 144 valence electrons. The lowest BCUT2D eigenvalue weighted by atomic mass is 10.0. The summed E-state index contributed by atoms with van der Waals surface area (Å²) in [6.45, 7) is 6.49. The summed E-state index contributed by atoms with van der Waals surface area (Å²) in [6, 6.07) is 29.1. The minimum Gasteiger partial charge on any atom is -0.236 e. The van der Waals surface area contributed by atoms with Crippen molar-refractivity contribution in [3.63, 3.8) is 0 Å². The molecular formula is C26H25N3. The van der Waals surface area contributed by atoms with Crippen LogP contribution in [0.5, 0.6) is 0 Å². The van der Waals surface area contributed by atoms with Crippen molar-refractivity contribution >= 4 is 12.0 Å². The van der Waals surface area contributed by atoms with Crippen LogP contribution < -0.4 is 0 Å². The summed E-state index contributed by atoms with van der Waals surface area (Å²) in [5, 5.41) is 4.83. The van der Waals surface area contributed by atoms with Gasteiger partial charge in [-0.2, -0.15) is 5.10 Å². The molecule has 1 heterocycles. The molecule has 0 saturated heterocycles. The van der Waals surface area contributed by atoms with Crippen molar-refractivity contribution in [3.05, 3.63) is 102 Å². The molecule has 0 fully saturated rings. The van der Waals surface area contributed by atoms with Gasteiger partial charge in [0.25, 0.3) is 0 Å². The second-order valence-corrected chi connectivity index (χ2v) is 7.58. The number of rotatable bonds is 5. The minimum absolute atomic E-state index is 0.526. The van der Waals surface area contributed by atoms with Crippen molar-refractivity contribution in [2.75, 3.05) is 0 Å². The van der Waals surface area contributed by atoms with Gasteiger partial charge in [0.1, 0.15) is 0 Å². The van der Waals surface area contributed by atoms with Gasteiger partial charge in [-0.25, -0.2) is 9.67 Å². The Morgan fingerprint density at radius 2 is 1.55 bits per heavy atom. The topological polar surface area (TPSA) is 30.2 Å². The molecule has 29 heavy (non-hydrogen) atoms. The first-order chi connectivity index (χ1) is 14.1. The van der Waals surface area contributed by atoms with Crippen LogP contribution in [0.1, 0.15) is 36.5 Å². The first-order valence-corrected chi connectivity index (χ1v) is 9.97. The molecule has 4 rings (SSSR count). The molecule has 3 nitrogen and oxygen atoms in total. The SMILES string of the molecule is Cc1ccc(-c2cc(N=Cc3ccc(C(C)C)cc3)n(-c3ccccc3)n2)cc1. The van der Waals surface area contributed by atoms with Crippen LogP contribution in [0.2, 0.25) is 0 Å². The molecule has 0 saturated carbocycles. The summed E-state index contributed by atoms with van der Waals surface area (Å²) in [7, 11) is 0. The molecule has 3 heteroatoms. The van der Waals surface area contributed by atoms with Gasteiger partial charge in [0.05, 0.1) is 11.4 Å². The number of para-hydroxylation sites is 1. The number of hydrogen-bond donors (Lipinski definition) is 0. The Morgan fingerprint density at radius 3 is 2.21 bits per heavy atom. The van der Waals surface area contributed by atoms with E-state index < -0.39 is 0 Å². The second-order valence-electron chi connectivity index (χ2n) is 7.58. The zero-order valence-electron chi connectivity index (χ0n) is 17.1. The predicted molar refractivity (Wildman–Crippen MR) is 122 cm³/mol. The third-order valence-corrected chi connectivity index (χ3v) is 4.99. The van der Waals surface area contributed by atoms with Gasteiger partial charge < -0.3 is 0 Å². The fraction of sp³-hybridized carbons (Fsp3) is 0.154. The molecule has 4 aromatic rings. The lowest BCUT2D eigenvalue weighted by Gasteiger charge is -2.05. The monoisotopic (exact) mass is 379 g/mol. The Bertz CT molecular complexity index is 1100. The Labute approximate surface area is 172 Å². The molecule has 0 radical (unpaired) electrons. The van der Waals surface area contributed by atoms with Crippen LogP contribution in [0.15, 0.2) is 89.9 Å². The van der Waals surface area contributed by atoms with Crippen LogP contribution in [0.25, 0.3) is 16.9 Å². The van der Waals surface area contributed by atoms with Crippen LogP contribution >= 0.6 is 0 Å². The van der Waals surface area contributed by atoms with E-state index in [1.165, 1.54) is 11.1 Å². The summed E-state index contributed by atoms with van der Waals surface area (Å²) >= 11 is 0. The first kappa shape index (κ1) is 18.9. The van der Waals surface area contributed by atoms with Crippen LogP contribution in [0, 0.1) is 6.92 Å². The lowest BCUT2D eigenvalue weighted by molar-refractivity contribution is 0.866. The van der Waals surface area contributed by atoms with E-state index in [4.69, 9.17) is 10.1 Å². The third kappa shape index (κ3) is 4.35. The number of nitrogens with zero attached hydrogens (tertiary/aromatic N) is 3. The summed E-state index contributed by atoms with van der Waals surface area (Å²) in [5.41, 5.74) is 6.64. The zero-order chi connectivity index (χ0) is 20.2. The maximum atomic E-state index is 4.83. The molecule has 0 unspecified atom stereocenters. The van der Waals surface area contributed by atoms with Crippen molar-refractivity contribution in [2.24, 2.45) is 4.99 Å². The van der Waals surface area contributed by atoms with Gasteiger partial charge in [0.15, 0.2) is 5.82 Å². The van der Waals surface area contributed by atoms with Crippen LogP contribution in [0.4, 0.5) is 5.82 Å². The van der Waals surface area contributed by atoms with Gasteiger partial charge >= 0.3 is 0 Å². The van der Waals surface area contributed by atoms with Crippen molar-refractivity contribution in [1.29, 1.82) is 0 Å². The molecule has 0 bridgehead atoms. The van der Waals surface area contributed by atoms with Crippen LogP contribution in [-0.4, -0.2) is 16.0 Å². The summed E-state index contributed by atoms with van der Waals surface area (Å²) < 4.78 is 1.90. The van der Waals surface area contributed by atoms with Gasteiger partial charge in [-0.1, -0.05) is 86.1 Å². The highest BCUT2D eigenvalue weighted by molar-refractivity contribution is 5.82. The smallest absolute Gasteiger partial charge is 0.156 e. The maximum absolute atomic E-state index is 4.83. The van der Waals surface area contributed by atoms with Crippen molar-refractivity contribution in [2.45, 2.75) is 26.7 Å². The fourth-order valence-electron chi connectivity index (χ4n) is 3.20. The van der Waals surface area contributed by atoms with Gasteiger partial charge in [-0.3, -0.25) is 0 Å². The molecule has 0 aliphatic heterocycles. The van der Waals surface area contributed by atoms with Crippen LogP contribution in [-0.2, 0) is 0 Å². The molecule has 0 atom stereocenters. The maximum Gasteiger partial charge on any atom is 0.156 e. The van der Waals surface area contributed by atoms with Gasteiger partial charge in [-0.05, 0) is 36.1 Å². The number of aromatic nitrogens is 2. The van der Waals surface area contributed by atoms with E-state index in [1.807, 2.05) is 47.3 Å². The van der Waals surface area contributed by atoms with Gasteiger partial charge in [0.2, 0.25) is 0 Å². The van der Waals surface area contributed by atoms with E-state index in [0.29, 0.717) is 5.92 Å².